The van der Waals surface area contributed by atoms with Gasteiger partial charge in [0, 0.05) is 39.5 Å². The molecule has 2 N–H and O–H groups in total. The maximum absolute atomic E-state index is 13.0. The third kappa shape index (κ3) is 4.80. The van der Waals surface area contributed by atoms with Crippen molar-refractivity contribution < 1.29 is 14.3 Å². The van der Waals surface area contributed by atoms with E-state index in [1.807, 2.05) is 72.9 Å². The highest BCUT2D eigenvalue weighted by Gasteiger charge is 2.24. The van der Waals surface area contributed by atoms with Gasteiger partial charge in [0.1, 0.15) is 12.7 Å². The number of hydrogen-bond donors (Lipinski definition) is 2. The molecule has 0 spiro atoms. The fourth-order valence-corrected chi connectivity index (χ4v) is 4.45. The molecule has 2 atom stereocenters. The van der Waals surface area contributed by atoms with Crippen molar-refractivity contribution in [2.45, 2.75) is 18.4 Å². The Morgan fingerprint density at radius 2 is 1.79 bits per heavy atom. The van der Waals surface area contributed by atoms with Gasteiger partial charge in [-0.3, -0.25) is 4.79 Å². The summed E-state index contributed by atoms with van der Waals surface area (Å²) in [5.41, 5.74) is 2.98. The highest BCUT2D eigenvalue weighted by Crippen LogP contribution is 2.35. The number of hydrogen-bond acceptors (Lipinski definition) is 3. The minimum absolute atomic E-state index is 0.0752. The van der Waals surface area contributed by atoms with Gasteiger partial charge in [0.2, 0.25) is 5.91 Å². The minimum atomic E-state index is -0.246. The molecule has 5 nitrogen and oxygen atoms in total. The number of aromatic amines is 1. The van der Waals surface area contributed by atoms with Crippen LogP contribution in [0.3, 0.4) is 0 Å². The lowest BCUT2D eigenvalue weighted by Crippen LogP contribution is -2.41. The van der Waals surface area contributed by atoms with E-state index in [-0.39, 0.29) is 24.3 Å². The quantitative estimate of drug-likeness (QED) is 0.358. The van der Waals surface area contributed by atoms with Gasteiger partial charge in [-0.1, -0.05) is 47.5 Å². The summed E-state index contributed by atoms with van der Waals surface area (Å²) in [6, 6.07) is 20.8. The summed E-state index contributed by atoms with van der Waals surface area (Å²) in [7, 11) is 0. The van der Waals surface area contributed by atoms with Gasteiger partial charge >= 0.3 is 0 Å². The molecule has 1 aromatic heterocycles. The van der Waals surface area contributed by atoms with Crippen LogP contribution in [0.1, 0.15) is 23.5 Å². The second kappa shape index (κ2) is 9.38. The molecule has 0 aliphatic carbocycles. The lowest BCUT2D eigenvalue weighted by atomic mass is 9.88. The van der Waals surface area contributed by atoms with Crippen molar-refractivity contribution in [3.05, 3.63) is 94.1 Å². The van der Waals surface area contributed by atoms with E-state index in [4.69, 9.17) is 32.7 Å². The molecule has 0 saturated heterocycles. The van der Waals surface area contributed by atoms with Gasteiger partial charge in [-0.15, -0.1) is 0 Å². The van der Waals surface area contributed by atoms with E-state index in [2.05, 4.69) is 10.3 Å². The third-order valence-corrected chi connectivity index (χ3v) is 6.29. The van der Waals surface area contributed by atoms with Crippen LogP contribution in [0.5, 0.6) is 11.5 Å². The zero-order valence-corrected chi connectivity index (χ0v) is 19.2. The predicted octanol–water partition coefficient (Wildman–Crippen LogP) is 5.95. The molecule has 1 aliphatic rings. The van der Waals surface area contributed by atoms with Crippen molar-refractivity contribution >= 4 is 40.0 Å². The van der Waals surface area contributed by atoms with Gasteiger partial charge in [0.25, 0.3) is 0 Å². The fourth-order valence-electron chi connectivity index (χ4n) is 4.15. The molecule has 3 aromatic carbocycles. The maximum atomic E-state index is 13.0. The maximum Gasteiger partial charge on any atom is 0.221 e. The SMILES string of the molecule is O=C(C[C@@H](c1ccc(Cl)cc1)c1c[nH]c2ccc(Cl)cc12)NC[C@H]1COc2ccccc2O1. The Hall–Kier alpha value is -3.15. The lowest BCUT2D eigenvalue weighted by Gasteiger charge is -2.26. The van der Waals surface area contributed by atoms with E-state index >= 15 is 0 Å². The largest absolute Gasteiger partial charge is 0.486 e. The molecule has 0 bridgehead atoms. The van der Waals surface area contributed by atoms with Crippen LogP contribution in [0.25, 0.3) is 10.9 Å². The molecule has 0 unspecified atom stereocenters. The van der Waals surface area contributed by atoms with Gasteiger partial charge in [-0.2, -0.15) is 0 Å². The second-order valence-electron chi connectivity index (χ2n) is 8.04. The summed E-state index contributed by atoms with van der Waals surface area (Å²) < 4.78 is 11.7. The van der Waals surface area contributed by atoms with E-state index in [0.29, 0.717) is 28.9 Å². The number of halogens is 2. The van der Waals surface area contributed by atoms with Crippen molar-refractivity contribution in [3.63, 3.8) is 0 Å². The number of rotatable bonds is 6. The van der Waals surface area contributed by atoms with E-state index < -0.39 is 0 Å². The van der Waals surface area contributed by atoms with Crippen molar-refractivity contribution in [1.29, 1.82) is 0 Å². The Labute approximate surface area is 201 Å². The molecule has 0 fully saturated rings. The van der Waals surface area contributed by atoms with E-state index in [9.17, 15) is 4.79 Å². The summed E-state index contributed by atoms with van der Waals surface area (Å²) in [5, 5.41) is 5.31. The Bertz CT molecular complexity index is 1290. The Balaban J connectivity index is 1.33. The lowest BCUT2D eigenvalue weighted by molar-refractivity contribution is -0.121. The van der Waals surface area contributed by atoms with Crippen molar-refractivity contribution in [2.24, 2.45) is 0 Å². The molecule has 33 heavy (non-hydrogen) atoms. The van der Waals surface area contributed by atoms with Crippen LogP contribution >= 0.6 is 23.2 Å². The van der Waals surface area contributed by atoms with E-state index in [1.165, 1.54) is 0 Å². The number of carbonyl (C=O) groups is 1. The van der Waals surface area contributed by atoms with Crippen LogP contribution in [-0.2, 0) is 4.79 Å². The van der Waals surface area contributed by atoms with Gasteiger partial charge in [0.05, 0.1) is 6.54 Å². The highest BCUT2D eigenvalue weighted by atomic mass is 35.5. The van der Waals surface area contributed by atoms with Crippen LogP contribution < -0.4 is 14.8 Å². The molecule has 7 heteroatoms. The van der Waals surface area contributed by atoms with Crippen LogP contribution in [0.2, 0.25) is 10.0 Å². The number of fused-ring (bicyclic) bond motifs is 2. The molecule has 1 amide bonds. The van der Waals surface area contributed by atoms with E-state index in [0.717, 1.165) is 27.8 Å². The minimum Gasteiger partial charge on any atom is -0.486 e. The first-order chi connectivity index (χ1) is 16.1. The molecule has 2 heterocycles. The Morgan fingerprint density at radius 1 is 1.03 bits per heavy atom. The van der Waals surface area contributed by atoms with Gasteiger partial charge in [-0.25, -0.2) is 0 Å². The molecule has 4 aromatic rings. The van der Waals surface area contributed by atoms with Crippen LogP contribution in [0, 0.1) is 0 Å². The first kappa shape index (κ1) is 21.7. The summed E-state index contributed by atoms with van der Waals surface area (Å²) in [4.78, 5) is 16.3. The number of carbonyl (C=O) groups excluding carboxylic acids is 1. The van der Waals surface area contributed by atoms with Gasteiger partial charge < -0.3 is 19.8 Å². The number of amides is 1. The number of ether oxygens (including phenoxy) is 2. The molecule has 5 rings (SSSR count). The monoisotopic (exact) mass is 480 g/mol. The number of H-pyrrole nitrogens is 1. The number of aromatic nitrogens is 1. The summed E-state index contributed by atoms with van der Waals surface area (Å²) in [6.07, 6.45) is 1.97. The van der Waals surface area contributed by atoms with Crippen LogP contribution in [0.4, 0.5) is 0 Å². The van der Waals surface area contributed by atoms with Gasteiger partial charge in [-0.05, 0) is 53.6 Å². The Kier molecular flexibility index (Phi) is 6.16. The fraction of sp³-hybridized carbons (Fsp3) is 0.192. The average Bonchev–Trinajstić information content (AvgIpc) is 3.24. The third-order valence-electron chi connectivity index (χ3n) is 5.81. The molecule has 0 saturated carbocycles. The second-order valence-corrected chi connectivity index (χ2v) is 8.92. The number of para-hydroxylation sites is 2. The molecular formula is C26H22Cl2N2O3. The molecule has 168 valence electrons. The number of benzene rings is 3. The molecular weight excluding hydrogens is 459 g/mol. The summed E-state index contributed by atoms with van der Waals surface area (Å²) in [6.45, 7) is 0.749. The zero-order chi connectivity index (χ0) is 22.8. The topological polar surface area (TPSA) is 63.4 Å². The highest BCUT2D eigenvalue weighted by molar-refractivity contribution is 6.31. The summed E-state index contributed by atoms with van der Waals surface area (Å²) in [5.74, 6) is 1.17. The average molecular weight is 481 g/mol. The summed E-state index contributed by atoms with van der Waals surface area (Å²) >= 11 is 12.4. The molecule has 0 radical (unpaired) electrons. The first-order valence-corrected chi connectivity index (χ1v) is 11.5. The number of nitrogens with one attached hydrogen (secondary N) is 2. The van der Waals surface area contributed by atoms with Crippen molar-refractivity contribution in [1.82, 2.24) is 10.3 Å². The first-order valence-electron chi connectivity index (χ1n) is 10.7. The van der Waals surface area contributed by atoms with Crippen LogP contribution in [-0.4, -0.2) is 30.1 Å². The van der Waals surface area contributed by atoms with Crippen LogP contribution in [0.15, 0.2) is 72.9 Å². The Morgan fingerprint density at radius 3 is 2.61 bits per heavy atom. The standard InChI is InChI=1S/C26H22Cl2N2O3/c27-17-7-5-16(6-8-17)20(22-14-29-23-10-9-18(28)11-21(22)23)12-26(31)30-13-19-15-32-24-3-1-2-4-25(24)33-19/h1-11,14,19-20,29H,12-13,15H2,(H,30,31)/t19-,20-/m0/s1. The van der Waals surface area contributed by atoms with Gasteiger partial charge in [0.15, 0.2) is 11.5 Å². The smallest absolute Gasteiger partial charge is 0.221 e. The molecule has 1 aliphatic heterocycles. The van der Waals surface area contributed by atoms with Crippen molar-refractivity contribution in [3.8, 4) is 11.5 Å². The normalized spacial score (nSPS) is 15.9. The van der Waals surface area contributed by atoms with E-state index in [1.54, 1.807) is 0 Å². The predicted molar refractivity (Wildman–Crippen MR) is 131 cm³/mol. The zero-order valence-electron chi connectivity index (χ0n) is 17.7. The van der Waals surface area contributed by atoms with Crippen molar-refractivity contribution in [2.75, 3.05) is 13.2 Å².